The van der Waals surface area contributed by atoms with Crippen LogP contribution in [0.2, 0.25) is 0 Å². The summed E-state index contributed by atoms with van der Waals surface area (Å²) in [6.45, 7) is 3.59. The molecule has 7 heteroatoms. The number of hydrogen-bond acceptors (Lipinski definition) is 6. The zero-order chi connectivity index (χ0) is 14.7. The van der Waals surface area contributed by atoms with Crippen LogP contribution in [0.3, 0.4) is 0 Å². The molecule has 1 heterocycles. The van der Waals surface area contributed by atoms with Crippen molar-refractivity contribution < 1.29 is 9.53 Å². The largest absolute Gasteiger partial charge is 0.495 e. The van der Waals surface area contributed by atoms with Crippen LogP contribution in [0, 0.1) is 13.8 Å². The highest BCUT2D eigenvalue weighted by Gasteiger charge is 2.11. The number of carbonyl (C=O) groups excluding carboxylic acids is 1. The van der Waals surface area contributed by atoms with Crippen LogP contribution < -0.4 is 15.8 Å². The Hall–Kier alpha value is -2.70. The Bertz CT molecular complexity index is 657. The fraction of sp³-hybridized carbons (Fsp3) is 0.231. The van der Waals surface area contributed by atoms with Crippen LogP contribution >= 0.6 is 0 Å². The van der Waals surface area contributed by atoms with Crippen LogP contribution in [-0.4, -0.2) is 28.2 Å². The van der Waals surface area contributed by atoms with E-state index < -0.39 is 0 Å². The molecular formula is C13H15N5O2. The van der Waals surface area contributed by atoms with Gasteiger partial charge in [0.2, 0.25) is 5.95 Å². The smallest absolute Gasteiger partial charge is 0.258 e. The van der Waals surface area contributed by atoms with Crippen molar-refractivity contribution >= 4 is 17.5 Å². The highest BCUT2D eigenvalue weighted by molar-refractivity contribution is 6.03. The van der Waals surface area contributed by atoms with Crippen LogP contribution in [0.4, 0.5) is 11.6 Å². The van der Waals surface area contributed by atoms with Crippen molar-refractivity contribution in [3.63, 3.8) is 0 Å². The Morgan fingerprint density at radius 2 is 2.00 bits per heavy atom. The second-order valence-electron chi connectivity index (χ2n) is 4.22. The molecule has 0 unspecified atom stereocenters. The minimum atomic E-state index is -0.353. The number of anilines is 2. The van der Waals surface area contributed by atoms with Gasteiger partial charge in [-0.1, -0.05) is 0 Å². The van der Waals surface area contributed by atoms with E-state index in [1.807, 2.05) is 0 Å². The quantitative estimate of drug-likeness (QED) is 0.818. The number of aromatic nitrogens is 3. The zero-order valence-electron chi connectivity index (χ0n) is 11.5. The molecule has 0 saturated heterocycles. The first-order valence-corrected chi connectivity index (χ1v) is 5.94. The van der Waals surface area contributed by atoms with E-state index >= 15 is 0 Å². The summed E-state index contributed by atoms with van der Waals surface area (Å²) in [5, 5.41) is 10.3. The van der Waals surface area contributed by atoms with Crippen molar-refractivity contribution in [1.29, 1.82) is 0 Å². The van der Waals surface area contributed by atoms with Gasteiger partial charge < -0.3 is 10.5 Å². The van der Waals surface area contributed by atoms with Gasteiger partial charge in [0.25, 0.3) is 5.91 Å². The third-order valence-corrected chi connectivity index (χ3v) is 2.81. The highest BCUT2D eigenvalue weighted by Crippen LogP contribution is 2.22. The molecule has 0 aliphatic rings. The van der Waals surface area contributed by atoms with Gasteiger partial charge in [-0.3, -0.25) is 10.1 Å². The Labute approximate surface area is 116 Å². The van der Waals surface area contributed by atoms with Crippen molar-refractivity contribution in [2.24, 2.45) is 0 Å². The number of amides is 1. The number of methoxy groups -OCH3 is 1. The fourth-order valence-electron chi connectivity index (χ4n) is 1.54. The van der Waals surface area contributed by atoms with Gasteiger partial charge in [0.1, 0.15) is 5.75 Å². The number of carbonyl (C=O) groups is 1. The van der Waals surface area contributed by atoms with E-state index in [9.17, 15) is 4.79 Å². The molecule has 0 aliphatic carbocycles. The Morgan fingerprint density at radius 1 is 1.25 bits per heavy atom. The standard InChI is InChI=1S/C13H15N5O2/c1-7-8(2)17-18-13(15-7)16-12(19)9-4-5-10(14)11(6-9)20-3/h4-6H,14H2,1-3H3,(H,15,16,18,19). The lowest BCUT2D eigenvalue weighted by Gasteiger charge is -2.08. The summed E-state index contributed by atoms with van der Waals surface area (Å²) in [7, 11) is 1.49. The summed E-state index contributed by atoms with van der Waals surface area (Å²) < 4.78 is 5.07. The van der Waals surface area contributed by atoms with E-state index in [2.05, 4.69) is 20.5 Å². The Balaban J connectivity index is 2.21. The number of rotatable bonds is 3. The number of ether oxygens (including phenoxy) is 1. The average molecular weight is 273 g/mol. The van der Waals surface area contributed by atoms with Crippen LogP contribution in [0.25, 0.3) is 0 Å². The first-order chi connectivity index (χ1) is 9.51. The zero-order valence-corrected chi connectivity index (χ0v) is 11.5. The van der Waals surface area contributed by atoms with Gasteiger partial charge in [-0.15, -0.1) is 5.10 Å². The number of hydrogen-bond donors (Lipinski definition) is 2. The van der Waals surface area contributed by atoms with E-state index in [4.69, 9.17) is 10.5 Å². The summed E-state index contributed by atoms with van der Waals surface area (Å²) in [5.74, 6) is 0.249. The third kappa shape index (κ3) is 2.82. The lowest BCUT2D eigenvalue weighted by atomic mass is 10.2. The van der Waals surface area contributed by atoms with Crippen molar-refractivity contribution in [3.8, 4) is 5.75 Å². The van der Waals surface area contributed by atoms with E-state index in [1.54, 1.807) is 32.0 Å². The Morgan fingerprint density at radius 3 is 2.65 bits per heavy atom. The van der Waals surface area contributed by atoms with Crippen LogP contribution in [0.15, 0.2) is 18.2 Å². The van der Waals surface area contributed by atoms with E-state index in [1.165, 1.54) is 7.11 Å². The second kappa shape index (κ2) is 5.52. The minimum Gasteiger partial charge on any atom is -0.495 e. The van der Waals surface area contributed by atoms with Gasteiger partial charge in [0.05, 0.1) is 24.2 Å². The number of aryl methyl sites for hydroxylation is 2. The van der Waals surface area contributed by atoms with E-state index in [0.29, 0.717) is 22.7 Å². The first kappa shape index (κ1) is 13.7. The Kier molecular flexibility index (Phi) is 3.79. The van der Waals surface area contributed by atoms with Crippen LogP contribution in [0.5, 0.6) is 5.75 Å². The molecule has 0 radical (unpaired) electrons. The van der Waals surface area contributed by atoms with Gasteiger partial charge >= 0.3 is 0 Å². The van der Waals surface area contributed by atoms with E-state index in [0.717, 1.165) is 5.69 Å². The molecule has 0 saturated carbocycles. The van der Waals surface area contributed by atoms with E-state index in [-0.39, 0.29) is 11.9 Å². The normalized spacial score (nSPS) is 10.2. The monoisotopic (exact) mass is 273 g/mol. The van der Waals surface area contributed by atoms with Gasteiger partial charge in [-0.05, 0) is 32.0 Å². The molecule has 104 valence electrons. The van der Waals surface area contributed by atoms with Gasteiger partial charge in [-0.25, -0.2) is 4.98 Å². The maximum Gasteiger partial charge on any atom is 0.258 e. The number of nitrogen functional groups attached to an aromatic ring is 1. The third-order valence-electron chi connectivity index (χ3n) is 2.81. The summed E-state index contributed by atoms with van der Waals surface area (Å²) in [4.78, 5) is 16.2. The lowest BCUT2D eigenvalue weighted by molar-refractivity contribution is 0.102. The highest BCUT2D eigenvalue weighted by atomic mass is 16.5. The molecule has 0 aliphatic heterocycles. The van der Waals surface area contributed by atoms with Gasteiger partial charge in [0.15, 0.2) is 0 Å². The average Bonchev–Trinajstić information content (AvgIpc) is 2.43. The molecule has 3 N–H and O–H groups in total. The summed E-state index contributed by atoms with van der Waals surface area (Å²) in [5.41, 5.74) is 8.00. The molecule has 2 aromatic rings. The second-order valence-corrected chi connectivity index (χ2v) is 4.22. The van der Waals surface area contributed by atoms with Gasteiger partial charge in [0, 0.05) is 5.56 Å². The van der Waals surface area contributed by atoms with Crippen molar-refractivity contribution in [2.75, 3.05) is 18.2 Å². The minimum absolute atomic E-state index is 0.161. The molecule has 0 spiro atoms. The number of benzene rings is 1. The maximum absolute atomic E-state index is 12.1. The molecule has 1 aromatic heterocycles. The molecule has 2 rings (SSSR count). The molecule has 1 aromatic carbocycles. The topological polar surface area (TPSA) is 103 Å². The SMILES string of the molecule is COc1cc(C(=O)Nc2nnc(C)c(C)n2)ccc1N. The predicted molar refractivity (Wildman–Crippen MR) is 74.7 cm³/mol. The summed E-state index contributed by atoms with van der Waals surface area (Å²) >= 11 is 0. The number of nitrogens with one attached hydrogen (secondary N) is 1. The van der Waals surface area contributed by atoms with Crippen molar-refractivity contribution in [3.05, 3.63) is 35.2 Å². The molecule has 1 amide bonds. The van der Waals surface area contributed by atoms with Gasteiger partial charge in [-0.2, -0.15) is 5.10 Å². The molecule has 0 atom stereocenters. The summed E-state index contributed by atoms with van der Waals surface area (Å²) in [6, 6.07) is 4.76. The fourth-order valence-corrected chi connectivity index (χ4v) is 1.54. The number of nitrogens with two attached hydrogens (primary N) is 1. The first-order valence-electron chi connectivity index (χ1n) is 5.94. The molecule has 0 fully saturated rings. The van der Waals surface area contributed by atoms with Crippen molar-refractivity contribution in [1.82, 2.24) is 15.2 Å². The maximum atomic E-state index is 12.1. The summed E-state index contributed by atoms with van der Waals surface area (Å²) in [6.07, 6.45) is 0. The molecular weight excluding hydrogens is 258 g/mol. The molecule has 7 nitrogen and oxygen atoms in total. The lowest BCUT2D eigenvalue weighted by Crippen LogP contribution is -2.15. The number of nitrogens with zero attached hydrogens (tertiary/aromatic N) is 3. The molecule has 20 heavy (non-hydrogen) atoms. The molecule has 0 bridgehead atoms. The van der Waals surface area contributed by atoms with Crippen LogP contribution in [-0.2, 0) is 0 Å². The van der Waals surface area contributed by atoms with Crippen LogP contribution in [0.1, 0.15) is 21.7 Å². The predicted octanol–water partition coefficient (Wildman–Crippen LogP) is 1.33. The van der Waals surface area contributed by atoms with Crippen molar-refractivity contribution in [2.45, 2.75) is 13.8 Å².